The molecule has 0 bridgehead atoms. The van der Waals surface area contributed by atoms with Crippen LogP contribution in [-0.4, -0.2) is 86.3 Å². The number of amides is 2. The molecule has 35 heavy (non-hydrogen) atoms. The molecule has 3 heterocycles. The van der Waals surface area contributed by atoms with Gasteiger partial charge in [0.15, 0.2) is 11.5 Å². The van der Waals surface area contributed by atoms with Crippen LogP contribution in [0.25, 0.3) is 0 Å². The first kappa shape index (κ1) is 24.7. The lowest BCUT2D eigenvalue weighted by molar-refractivity contribution is -0.129. The molecule has 2 fully saturated rings. The van der Waals surface area contributed by atoms with Crippen molar-refractivity contribution in [2.75, 3.05) is 54.2 Å². The number of aromatic nitrogens is 1. The van der Waals surface area contributed by atoms with Gasteiger partial charge in [-0.15, -0.1) is 0 Å². The number of methoxy groups -OCH3 is 3. The molecule has 0 unspecified atom stereocenters. The number of likely N-dealkylation sites (tertiary alicyclic amines) is 1. The number of piperidine rings is 1. The van der Waals surface area contributed by atoms with Crippen LogP contribution >= 0.6 is 0 Å². The Morgan fingerprint density at radius 3 is 2.46 bits per heavy atom. The number of carbonyl (C=O) groups is 2. The van der Waals surface area contributed by atoms with E-state index in [4.69, 9.17) is 14.2 Å². The van der Waals surface area contributed by atoms with Crippen LogP contribution in [0.1, 0.15) is 28.8 Å². The van der Waals surface area contributed by atoms with Crippen LogP contribution in [0.3, 0.4) is 0 Å². The van der Waals surface area contributed by atoms with Gasteiger partial charge in [-0.2, -0.15) is 0 Å². The predicted molar refractivity (Wildman–Crippen MR) is 130 cm³/mol. The Morgan fingerprint density at radius 1 is 1.14 bits per heavy atom. The third-order valence-electron chi connectivity index (χ3n) is 6.88. The highest BCUT2D eigenvalue weighted by atomic mass is 16.5. The van der Waals surface area contributed by atoms with Crippen molar-refractivity contribution in [1.82, 2.24) is 25.4 Å². The summed E-state index contributed by atoms with van der Waals surface area (Å²) in [4.78, 5) is 34.2. The molecule has 2 aromatic rings. The summed E-state index contributed by atoms with van der Waals surface area (Å²) < 4.78 is 16.0. The molecule has 0 saturated carbocycles. The minimum Gasteiger partial charge on any atom is -0.493 e. The normalized spacial score (nSPS) is 17.7. The Morgan fingerprint density at radius 2 is 1.86 bits per heavy atom. The van der Waals surface area contributed by atoms with Crippen molar-refractivity contribution < 1.29 is 23.8 Å². The first-order valence-electron chi connectivity index (χ1n) is 11.7. The zero-order valence-corrected chi connectivity index (χ0v) is 20.5. The van der Waals surface area contributed by atoms with Crippen molar-refractivity contribution in [2.24, 2.45) is 0 Å². The summed E-state index contributed by atoms with van der Waals surface area (Å²) in [5.41, 5.74) is 1.05. The minimum absolute atomic E-state index is 0.108. The molecule has 10 nitrogen and oxygen atoms in total. The topological polar surface area (TPSA) is 105 Å². The van der Waals surface area contributed by atoms with Crippen LogP contribution < -0.4 is 24.8 Å². The lowest BCUT2D eigenvalue weighted by Gasteiger charge is -2.42. The molecule has 1 aromatic carbocycles. The highest BCUT2D eigenvalue weighted by molar-refractivity contribution is 5.95. The fraction of sp³-hybridized carbons (Fsp3) is 0.480. The van der Waals surface area contributed by atoms with Gasteiger partial charge in [-0.05, 0) is 36.6 Å². The van der Waals surface area contributed by atoms with Crippen molar-refractivity contribution in [2.45, 2.75) is 24.9 Å². The molecule has 10 heteroatoms. The van der Waals surface area contributed by atoms with Gasteiger partial charge in [0, 0.05) is 50.7 Å². The Hall–Kier alpha value is -3.37. The molecule has 2 aliphatic rings. The number of nitrogens with one attached hydrogen (secondary N) is 2. The fourth-order valence-corrected chi connectivity index (χ4v) is 4.88. The maximum Gasteiger partial charge on any atom is 0.251 e. The van der Waals surface area contributed by atoms with Crippen LogP contribution in [0.5, 0.6) is 17.2 Å². The van der Waals surface area contributed by atoms with Crippen molar-refractivity contribution in [3.63, 3.8) is 0 Å². The summed E-state index contributed by atoms with van der Waals surface area (Å²) in [6.07, 6.45) is 5.10. The molecule has 1 spiro atoms. The number of hydrogen-bond acceptors (Lipinski definition) is 8. The molecule has 1 aromatic heterocycles. The van der Waals surface area contributed by atoms with Crippen molar-refractivity contribution >= 4 is 11.8 Å². The number of hydrogen-bond donors (Lipinski definition) is 2. The first-order chi connectivity index (χ1) is 17.0. The molecule has 2 saturated heterocycles. The van der Waals surface area contributed by atoms with Gasteiger partial charge in [-0.1, -0.05) is 6.07 Å². The van der Waals surface area contributed by atoms with Crippen molar-refractivity contribution in [1.29, 1.82) is 0 Å². The van der Waals surface area contributed by atoms with Gasteiger partial charge in [0.2, 0.25) is 11.7 Å². The summed E-state index contributed by atoms with van der Waals surface area (Å²) in [6.45, 7) is 4.02. The second kappa shape index (κ2) is 10.9. The van der Waals surface area contributed by atoms with E-state index in [2.05, 4.69) is 25.4 Å². The summed E-state index contributed by atoms with van der Waals surface area (Å²) in [5, 5.41) is 6.00. The highest BCUT2D eigenvalue weighted by Gasteiger charge is 2.49. The second-order valence-electron chi connectivity index (χ2n) is 8.77. The smallest absolute Gasteiger partial charge is 0.251 e. The molecule has 4 rings (SSSR count). The predicted octanol–water partition coefficient (Wildman–Crippen LogP) is 1.26. The van der Waals surface area contributed by atoms with Gasteiger partial charge in [0.1, 0.15) is 5.54 Å². The average molecular weight is 484 g/mol. The number of rotatable bonds is 9. The van der Waals surface area contributed by atoms with Gasteiger partial charge in [-0.25, -0.2) is 0 Å². The number of benzene rings is 1. The SMILES string of the molecule is COc1cc(C(=O)NCCN2CCC3(CC2)C(=O)NCN3Cc2cccnc2)cc(OC)c1OC. The van der Waals surface area contributed by atoms with E-state index < -0.39 is 5.54 Å². The Kier molecular flexibility index (Phi) is 7.72. The quantitative estimate of drug-likeness (QED) is 0.549. The molecule has 188 valence electrons. The van der Waals surface area contributed by atoms with Crippen LogP contribution in [0.4, 0.5) is 0 Å². The summed E-state index contributed by atoms with van der Waals surface area (Å²) >= 11 is 0. The van der Waals surface area contributed by atoms with Crippen LogP contribution in [0.2, 0.25) is 0 Å². The molecule has 2 amide bonds. The largest absolute Gasteiger partial charge is 0.493 e. The van der Waals surface area contributed by atoms with E-state index in [-0.39, 0.29) is 11.8 Å². The van der Waals surface area contributed by atoms with E-state index in [1.54, 1.807) is 18.3 Å². The van der Waals surface area contributed by atoms with E-state index in [1.165, 1.54) is 21.3 Å². The zero-order valence-electron chi connectivity index (χ0n) is 20.5. The molecular weight excluding hydrogens is 450 g/mol. The average Bonchev–Trinajstić information content (AvgIpc) is 3.18. The molecule has 2 N–H and O–H groups in total. The second-order valence-corrected chi connectivity index (χ2v) is 8.77. The number of pyridine rings is 1. The summed E-state index contributed by atoms with van der Waals surface area (Å²) in [6, 6.07) is 7.23. The monoisotopic (exact) mass is 483 g/mol. The lowest BCUT2D eigenvalue weighted by atomic mass is 9.86. The van der Waals surface area contributed by atoms with Gasteiger partial charge in [0.25, 0.3) is 5.91 Å². The number of carbonyl (C=O) groups excluding carboxylic acids is 2. The van der Waals surface area contributed by atoms with E-state index in [0.29, 0.717) is 49.1 Å². The highest BCUT2D eigenvalue weighted by Crippen LogP contribution is 2.38. The van der Waals surface area contributed by atoms with Crippen LogP contribution in [-0.2, 0) is 11.3 Å². The van der Waals surface area contributed by atoms with Crippen LogP contribution in [0.15, 0.2) is 36.7 Å². The number of ether oxygens (including phenoxy) is 3. The maximum atomic E-state index is 12.8. The van der Waals surface area contributed by atoms with E-state index >= 15 is 0 Å². The third-order valence-corrected chi connectivity index (χ3v) is 6.88. The molecule has 0 radical (unpaired) electrons. The molecule has 0 aliphatic carbocycles. The van der Waals surface area contributed by atoms with E-state index in [0.717, 1.165) is 31.5 Å². The maximum absolute atomic E-state index is 12.8. The number of nitrogens with zero attached hydrogens (tertiary/aromatic N) is 3. The summed E-state index contributed by atoms with van der Waals surface area (Å²) in [5.74, 6) is 1.21. The summed E-state index contributed by atoms with van der Waals surface area (Å²) in [7, 11) is 4.56. The van der Waals surface area contributed by atoms with Crippen molar-refractivity contribution in [3.05, 3.63) is 47.8 Å². The van der Waals surface area contributed by atoms with Crippen LogP contribution in [0, 0.1) is 0 Å². The van der Waals surface area contributed by atoms with Gasteiger partial charge in [-0.3, -0.25) is 19.5 Å². The molecule has 2 aliphatic heterocycles. The van der Waals surface area contributed by atoms with Crippen molar-refractivity contribution in [3.8, 4) is 17.2 Å². The zero-order chi connectivity index (χ0) is 24.8. The van der Waals surface area contributed by atoms with Gasteiger partial charge in [0.05, 0.1) is 28.0 Å². The fourth-order valence-electron chi connectivity index (χ4n) is 4.88. The minimum atomic E-state index is -0.480. The Balaban J connectivity index is 1.30. The lowest BCUT2D eigenvalue weighted by Crippen LogP contribution is -2.56. The Labute approximate surface area is 205 Å². The standard InChI is InChI=1S/C25H33N5O5/c1-33-20-13-19(14-21(34-2)22(20)35-3)23(31)27-9-12-29-10-6-25(7-11-29)24(32)28-17-30(25)16-18-5-4-8-26-15-18/h4-5,8,13-15H,6-7,9-12,16-17H2,1-3H3,(H,27,31)(H,28,32). The molecule has 0 atom stereocenters. The Bertz CT molecular complexity index is 1010. The van der Waals surface area contributed by atoms with E-state index in [9.17, 15) is 9.59 Å². The first-order valence-corrected chi connectivity index (χ1v) is 11.7. The van der Waals surface area contributed by atoms with Gasteiger partial charge >= 0.3 is 0 Å². The molecular formula is C25H33N5O5. The van der Waals surface area contributed by atoms with Gasteiger partial charge < -0.3 is 29.7 Å². The third kappa shape index (κ3) is 5.18. The van der Waals surface area contributed by atoms with E-state index in [1.807, 2.05) is 18.3 Å².